The van der Waals surface area contributed by atoms with Gasteiger partial charge in [-0.05, 0) is 25.1 Å². The van der Waals surface area contributed by atoms with Crippen LogP contribution in [0.4, 0.5) is 10.4 Å². The van der Waals surface area contributed by atoms with Crippen LogP contribution in [-0.2, 0) is 0 Å². The van der Waals surface area contributed by atoms with Crippen LogP contribution in [0.1, 0.15) is 21.1 Å². The highest BCUT2D eigenvalue weighted by Crippen LogP contribution is 2.28. The molecule has 0 saturated heterocycles. The van der Waals surface area contributed by atoms with Crippen molar-refractivity contribution in [3.05, 3.63) is 45.7 Å². The van der Waals surface area contributed by atoms with E-state index in [1.165, 1.54) is 12.1 Å². The van der Waals surface area contributed by atoms with Crippen molar-refractivity contribution in [3.8, 4) is 11.6 Å². The van der Waals surface area contributed by atoms with E-state index >= 15 is 0 Å². The van der Waals surface area contributed by atoms with Gasteiger partial charge >= 0.3 is 6.01 Å². The van der Waals surface area contributed by atoms with E-state index in [-0.39, 0.29) is 22.7 Å². The van der Waals surface area contributed by atoms with Gasteiger partial charge in [0.05, 0.1) is 5.56 Å². The van der Waals surface area contributed by atoms with Crippen LogP contribution < -0.4 is 5.73 Å². The number of aromatic amines is 1. The molecule has 3 N–H and O–H groups in total. The highest BCUT2D eigenvalue weighted by atomic mass is 32.1. The first-order chi connectivity index (χ1) is 11.5. The van der Waals surface area contributed by atoms with Gasteiger partial charge < -0.3 is 15.1 Å². The van der Waals surface area contributed by atoms with Crippen molar-refractivity contribution >= 4 is 34.0 Å². The first kappa shape index (κ1) is 14.5. The number of anilines is 1. The lowest BCUT2D eigenvalue weighted by Gasteiger charge is -1.98. The number of nitrogen functional groups attached to an aromatic ring is 1. The molecule has 0 unspecified atom stereocenters. The maximum absolute atomic E-state index is 13.5. The molecule has 24 heavy (non-hydrogen) atoms. The number of benzene rings is 1. The first-order valence-electron chi connectivity index (χ1n) is 6.90. The Labute approximate surface area is 138 Å². The molecular formula is C15H10FN5O2S. The number of nitrogens with one attached hydrogen (secondary N) is 1. The van der Waals surface area contributed by atoms with Crippen molar-refractivity contribution in [1.82, 2.24) is 20.2 Å². The molecule has 120 valence electrons. The average molecular weight is 343 g/mol. The van der Waals surface area contributed by atoms with Gasteiger partial charge in [-0.2, -0.15) is 0 Å². The Balaban J connectivity index is 1.78. The molecule has 4 rings (SSSR count). The number of nitrogens with zero attached hydrogens (tertiary/aromatic N) is 3. The van der Waals surface area contributed by atoms with Gasteiger partial charge in [-0.3, -0.25) is 4.79 Å². The summed E-state index contributed by atoms with van der Waals surface area (Å²) < 4.78 is 18.6. The van der Waals surface area contributed by atoms with Crippen LogP contribution >= 0.6 is 11.3 Å². The Morgan fingerprint density at radius 1 is 1.38 bits per heavy atom. The van der Waals surface area contributed by atoms with E-state index < -0.39 is 5.82 Å². The maximum Gasteiger partial charge on any atom is 0.313 e. The fourth-order valence-electron chi connectivity index (χ4n) is 2.51. The average Bonchev–Trinajstić information content (AvgIpc) is 3.24. The van der Waals surface area contributed by atoms with E-state index in [0.29, 0.717) is 27.9 Å². The molecule has 0 amide bonds. The molecule has 3 heterocycles. The lowest BCUT2D eigenvalue weighted by atomic mass is 10.1. The number of hydrogen-bond acceptors (Lipinski definition) is 7. The highest BCUT2D eigenvalue weighted by molar-refractivity contribution is 7.12. The third kappa shape index (κ3) is 2.26. The molecule has 0 bridgehead atoms. The van der Waals surface area contributed by atoms with Gasteiger partial charge in [0.25, 0.3) is 5.89 Å². The minimum absolute atomic E-state index is 0.0752. The molecule has 0 saturated carbocycles. The molecule has 4 aromatic rings. The molecule has 0 aliphatic rings. The number of fused-ring (bicyclic) bond motifs is 1. The van der Waals surface area contributed by atoms with Crippen LogP contribution in [-0.4, -0.2) is 25.9 Å². The summed E-state index contributed by atoms with van der Waals surface area (Å²) in [5.74, 6) is -0.561. The standard InChI is InChI=1S/C15H10FN5O2S/c1-6-11(8-4-7(16)2-3-9(8)18-6)12(22)14-19-10(5-24-14)13-20-21-15(17)23-13/h2-5,18H,1H3,(H2,17,21). The molecule has 0 spiro atoms. The van der Waals surface area contributed by atoms with E-state index in [2.05, 4.69) is 20.2 Å². The van der Waals surface area contributed by atoms with Crippen molar-refractivity contribution in [2.45, 2.75) is 6.92 Å². The normalized spacial score (nSPS) is 11.2. The molecule has 0 aliphatic heterocycles. The predicted molar refractivity (Wildman–Crippen MR) is 86.2 cm³/mol. The van der Waals surface area contributed by atoms with Gasteiger partial charge in [-0.25, -0.2) is 9.37 Å². The molecule has 0 fully saturated rings. The highest BCUT2D eigenvalue weighted by Gasteiger charge is 2.22. The largest absolute Gasteiger partial charge is 0.402 e. The SMILES string of the molecule is Cc1[nH]c2ccc(F)cc2c1C(=O)c1nc(-c2nnc(N)o2)cs1. The second-order valence-corrected chi connectivity index (χ2v) is 5.99. The summed E-state index contributed by atoms with van der Waals surface area (Å²) in [5.41, 5.74) is 7.50. The maximum atomic E-state index is 13.5. The van der Waals surface area contributed by atoms with E-state index in [9.17, 15) is 9.18 Å². The van der Waals surface area contributed by atoms with Crippen molar-refractivity contribution in [2.75, 3.05) is 5.73 Å². The number of hydrogen-bond donors (Lipinski definition) is 2. The number of nitrogens with two attached hydrogens (primary N) is 1. The minimum atomic E-state index is -0.406. The van der Waals surface area contributed by atoms with Gasteiger partial charge in [0.2, 0.25) is 5.78 Å². The number of halogens is 1. The minimum Gasteiger partial charge on any atom is -0.402 e. The number of carbonyl (C=O) groups excluding carboxylic acids is 1. The molecule has 0 radical (unpaired) electrons. The van der Waals surface area contributed by atoms with Crippen LogP contribution in [0.2, 0.25) is 0 Å². The van der Waals surface area contributed by atoms with Crippen LogP contribution in [0.15, 0.2) is 28.0 Å². The fraction of sp³-hybridized carbons (Fsp3) is 0.0667. The summed E-state index contributed by atoms with van der Waals surface area (Å²) in [7, 11) is 0. The van der Waals surface area contributed by atoms with Crippen molar-refractivity contribution < 1.29 is 13.6 Å². The van der Waals surface area contributed by atoms with Crippen molar-refractivity contribution in [2.24, 2.45) is 0 Å². The second kappa shape index (κ2) is 5.24. The van der Waals surface area contributed by atoms with Gasteiger partial charge in [-0.1, -0.05) is 5.10 Å². The number of ketones is 1. The lowest BCUT2D eigenvalue weighted by molar-refractivity contribution is 0.103. The molecular weight excluding hydrogens is 333 g/mol. The van der Waals surface area contributed by atoms with E-state index in [1.54, 1.807) is 18.4 Å². The molecule has 1 aromatic carbocycles. The fourth-order valence-corrected chi connectivity index (χ4v) is 3.25. The first-order valence-corrected chi connectivity index (χ1v) is 7.78. The predicted octanol–water partition coefficient (Wildman–Crippen LogP) is 2.94. The van der Waals surface area contributed by atoms with Gasteiger partial charge in [0.15, 0.2) is 5.01 Å². The van der Waals surface area contributed by atoms with Gasteiger partial charge in [0, 0.05) is 22.0 Å². The molecule has 9 heteroatoms. The Hall–Kier alpha value is -3.07. The number of carbonyl (C=O) groups is 1. The van der Waals surface area contributed by atoms with Crippen LogP contribution in [0.5, 0.6) is 0 Å². The van der Waals surface area contributed by atoms with Gasteiger partial charge in [0.1, 0.15) is 11.5 Å². The van der Waals surface area contributed by atoms with Crippen LogP contribution in [0, 0.1) is 12.7 Å². The smallest absolute Gasteiger partial charge is 0.313 e. The van der Waals surface area contributed by atoms with Gasteiger partial charge in [-0.15, -0.1) is 16.4 Å². The van der Waals surface area contributed by atoms with E-state index in [1.807, 2.05) is 0 Å². The third-order valence-electron chi connectivity index (χ3n) is 3.53. The number of rotatable bonds is 3. The summed E-state index contributed by atoms with van der Waals surface area (Å²) in [6, 6.07) is 4.20. The van der Waals surface area contributed by atoms with E-state index in [4.69, 9.17) is 10.2 Å². The number of aromatic nitrogens is 4. The quantitative estimate of drug-likeness (QED) is 0.553. The zero-order valence-corrected chi connectivity index (χ0v) is 13.1. The summed E-state index contributed by atoms with van der Waals surface area (Å²) in [5, 5.41) is 9.69. The lowest BCUT2D eigenvalue weighted by Crippen LogP contribution is -2.02. The van der Waals surface area contributed by atoms with Crippen molar-refractivity contribution in [1.29, 1.82) is 0 Å². The Kier molecular flexibility index (Phi) is 3.17. The summed E-state index contributed by atoms with van der Waals surface area (Å²) in [6.45, 7) is 1.76. The number of H-pyrrole nitrogens is 1. The summed E-state index contributed by atoms with van der Waals surface area (Å²) >= 11 is 1.14. The Morgan fingerprint density at radius 2 is 2.21 bits per heavy atom. The molecule has 7 nitrogen and oxygen atoms in total. The van der Waals surface area contributed by atoms with Crippen molar-refractivity contribution in [3.63, 3.8) is 0 Å². The monoisotopic (exact) mass is 343 g/mol. The number of aryl methyl sites for hydroxylation is 1. The van der Waals surface area contributed by atoms with E-state index in [0.717, 1.165) is 11.3 Å². The summed E-state index contributed by atoms with van der Waals surface area (Å²) in [4.78, 5) is 20.1. The zero-order chi connectivity index (χ0) is 16.8. The Morgan fingerprint density at radius 3 is 2.96 bits per heavy atom. The number of thiazole rings is 1. The van der Waals surface area contributed by atoms with Crippen LogP contribution in [0.25, 0.3) is 22.5 Å². The van der Waals surface area contributed by atoms with Crippen LogP contribution in [0.3, 0.4) is 0 Å². The molecule has 0 aliphatic carbocycles. The second-order valence-electron chi connectivity index (χ2n) is 5.13. The summed E-state index contributed by atoms with van der Waals surface area (Å²) in [6.07, 6.45) is 0. The molecule has 0 atom stereocenters. The third-order valence-corrected chi connectivity index (χ3v) is 4.37. The molecule has 3 aromatic heterocycles. The topological polar surface area (TPSA) is 111 Å². The Bertz CT molecular complexity index is 1080. The zero-order valence-electron chi connectivity index (χ0n) is 12.3.